The van der Waals surface area contributed by atoms with Gasteiger partial charge in [-0.2, -0.15) is 0 Å². The molecule has 7 heteroatoms. The summed E-state index contributed by atoms with van der Waals surface area (Å²) in [5.74, 6) is 1.58. The Hall–Kier alpha value is -1.21. The first-order valence-corrected chi connectivity index (χ1v) is 9.13. The first kappa shape index (κ1) is 16.3. The molecule has 2 aromatic rings. The largest absolute Gasteiger partial charge is 0.300 e. The molecule has 0 saturated carbocycles. The number of rotatable bonds is 1. The first-order valence-electron chi connectivity index (χ1n) is 8.31. The summed E-state index contributed by atoms with van der Waals surface area (Å²) in [4.78, 5) is 17.9. The standard InChI is InChI=1S/C17H20N4OS.ClH/c1-11-2-3-14-13(8-11)18-16(23-14)19-15-9-17(22-20-15)10-21-6-4-12(17)5-7-21;/h2-3,8,12H,4-7,9-10H2,1H3,(H,18,19,20);1H/t17-;/m0./s1. The number of hydrogen-bond donors (Lipinski definition) is 1. The van der Waals surface area contributed by atoms with Crippen LogP contribution >= 0.6 is 23.7 Å². The molecule has 1 aromatic carbocycles. The van der Waals surface area contributed by atoms with Crippen LogP contribution in [0.25, 0.3) is 10.2 Å². The number of amidine groups is 1. The van der Waals surface area contributed by atoms with Crippen LogP contribution in [0, 0.1) is 12.8 Å². The molecule has 5 nitrogen and oxygen atoms in total. The van der Waals surface area contributed by atoms with Crippen LogP contribution < -0.4 is 5.48 Å². The molecule has 5 heterocycles. The van der Waals surface area contributed by atoms with E-state index in [9.17, 15) is 0 Å². The fourth-order valence-corrected chi connectivity index (χ4v) is 5.05. The molecule has 6 rings (SSSR count). The molecular weight excluding hydrogens is 344 g/mol. The Bertz CT molecular complexity index is 799. The molecule has 0 unspecified atom stereocenters. The Balaban J connectivity index is 0.00000146. The van der Waals surface area contributed by atoms with E-state index in [0.29, 0.717) is 5.92 Å². The van der Waals surface area contributed by atoms with Crippen molar-refractivity contribution in [1.29, 1.82) is 0 Å². The Labute approximate surface area is 151 Å². The smallest absolute Gasteiger partial charge is 0.211 e. The molecule has 4 aliphatic rings. The zero-order valence-electron chi connectivity index (χ0n) is 13.6. The molecule has 0 aliphatic carbocycles. The number of thiazole rings is 1. The van der Waals surface area contributed by atoms with Crippen LogP contribution in [-0.2, 0) is 4.84 Å². The highest BCUT2D eigenvalue weighted by Crippen LogP contribution is 2.42. The summed E-state index contributed by atoms with van der Waals surface area (Å²) in [5, 5.41) is 0.815. The molecule has 4 fully saturated rings. The van der Waals surface area contributed by atoms with Gasteiger partial charge in [0.25, 0.3) is 0 Å². The number of halogens is 1. The number of hydrogen-bond acceptors (Lipinski definition) is 5. The molecule has 1 atom stereocenters. The summed E-state index contributed by atoms with van der Waals surface area (Å²) in [6, 6.07) is 6.36. The lowest BCUT2D eigenvalue weighted by Gasteiger charge is -2.49. The summed E-state index contributed by atoms with van der Waals surface area (Å²) in [6.07, 6.45) is 3.37. The molecule has 0 radical (unpaired) electrons. The van der Waals surface area contributed by atoms with Gasteiger partial charge in [-0.05, 0) is 56.5 Å². The summed E-state index contributed by atoms with van der Waals surface area (Å²) >= 11 is 1.64. The summed E-state index contributed by atoms with van der Waals surface area (Å²) < 4.78 is 1.19. The third-order valence-corrected chi connectivity index (χ3v) is 6.35. The van der Waals surface area contributed by atoms with Crippen molar-refractivity contribution in [2.45, 2.75) is 31.8 Å². The maximum Gasteiger partial charge on any atom is 0.211 e. The summed E-state index contributed by atoms with van der Waals surface area (Å²) in [7, 11) is 0. The van der Waals surface area contributed by atoms with Gasteiger partial charge in [0.15, 0.2) is 0 Å². The van der Waals surface area contributed by atoms with Gasteiger partial charge in [0.05, 0.1) is 10.2 Å². The minimum Gasteiger partial charge on any atom is -0.300 e. The lowest BCUT2D eigenvalue weighted by molar-refractivity contribution is -0.150. The summed E-state index contributed by atoms with van der Waals surface area (Å²) in [5.41, 5.74) is 5.29. The van der Waals surface area contributed by atoms with E-state index < -0.39 is 0 Å². The normalized spacial score (nSPS) is 33.1. The van der Waals surface area contributed by atoms with Crippen molar-refractivity contribution in [3.63, 3.8) is 0 Å². The topological polar surface area (TPSA) is 49.8 Å². The fourth-order valence-electron chi connectivity index (χ4n) is 4.21. The minimum atomic E-state index is -0.0669. The van der Waals surface area contributed by atoms with E-state index in [4.69, 9.17) is 9.83 Å². The number of nitrogens with one attached hydrogen (secondary N) is 1. The van der Waals surface area contributed by atoms with Crippen molar-refractivity contribution in [3.8, 4) is 0 Å². The molecule has 1 aromatic heterocycles. The maximum absolute atomic E-state index is 6.05. The van der Waals surface area contributed by atoms with Gasteiger partial charge in [0, 0.05) is 13.0 Å². The number of aromatic nitrogens is 1. The highest BCUT2D eigenvalue weighted by Gasteiger charge is 2.52. The third-order valence-electron chi connectivity index (χ3n) is 5.42. The van der Waals surface area contributed by atoms with Gasteiger partial charge < -0.3 is 4.90 Å². The van der Waals surface area contributed by atoms with Crippen LogP contribution in [0.2, 0.25) is 0 Å². The average molecular weight is 365 g/mol. The van der Waals surface area contributed by atoms with E-state index in [-0.39, 0.29) is 18.0 Å². The second kappa shape index (κ2) is 5.95. The molecule has 24 heavy (non-hydrogen) atoms. The lowest BCUT2D eigenvalue weighted by atomic mass is 9.74. The molecular formula is C17H21ClN4OS. The number of piperidine rings is 3. The molecule has 4 saturated heterocycles. The molecule has 1 spiro atoms. The van der Waals surface area contributed by atoms with Gasteiger partial charge in [-0.25, -0.2) is 9.98 Å². The third kappa shape index (κ3) is 2.62. The molecule has 0 amide bonds. The minimum absolute atomic E-state index is 0. The Morgan fingerprint density at radius 2 is 2.21 bits per heavy atom. The predicted molar refractivity (Wildman–Crippen MR) is 99.4 cm³/mol. The molecule has 1 N–H and O–H groups in total. The van der Waals surface area contributed by atoms with Gasteiger partial charge in [0.1, 0.15) is 11.4 Å². The highest BCUT2D eigenvalue weighted by molar-refractivity contribution is 7.22. The second-order valence-corrected chi connectivity index (χ2v) is 8.03. The van der Waals surface area contributed by atoms with E-state index in [1.807, 2.05) is 0 Å². The van der Waals surface area contributed by atoms with E-state index >= 15 is 0 Å². The van der Waals surface area contributed by atoms with Gasteiger partial charge in [-0.15, -0.1) is 12.4 Å². The van der Waals surface area contributed by atoms with Crippen molar-refractivity contribution >= 4 is 44.9 Å². The van der Waals surface area contributed by atoms with Crippen molar-refractivity contribution in [1.82, 2.24) is 15.4 Å². The average Bonchev–Trinajstić information content (AvgIpc) is 3.12. The monoisotopic (exact) mass is 364 g/mol. The Morgan fingerprint density at radius 1 is 1.38 bits per heavy atom. The molecule has 128 valence electrons. The summed E-state index contributed by atoms with van der Waals surface area (Å²) in [6.45, 7) is 5.57. The van der Waals surface area contributed by atoms with Crippen LogP contribution in [0.4, 0.5) is 5.13 Å². The lowest BCUT2D eigenvalue weighted by Crippen LogP contribution is -2.59. The number of fused-ring (bicyclic) bond motifs is 3. The van der Waals surface area contributed by atoms with Crippen LogP contribution in [0.5, 0.6) is 0 Å². The van der Waals surface area contributed by atoms with Crippen molar-refractivity contribution in [2.75, 3.05) is 19.6 Å². The molecule has 4 aliphatic heterocycles. The Kier molecular flexibility index (Phi) is 4.03. The number of benzene rings is 1. The molecule has 2 bridgehead atoms. The zero-order valence-corrected chi connectivity index (χ0v) is 15.3. The van der Waals surface area contributed by atoms with Crippen LogP contribution in [0.1, 0.15) is 24.8 Å². The zero-order chi connectivity index (χ0) is 15.4. The number of aryl methyl sites for hydroxylation is 1. The number of aliphatic imine (C=N–C) groups is 1. The van der Waals surface area contributed by atoms with Gasteiger partial charge in [0.2, 0.25) is 5.13 Å². The quantitative estimate of drug-likeness (QED) is 0.842. The van der Waals surface area contributed by atoms with E-state index in [1.165, 1.54) is 36.2 Å². The van der Waals surface area contributed by atoms with Crippen molar-refractivity contribution in [3.05, 3.63) is 23.8 Å². The Morgan fingerprint density at radius 3 is 2.96 bits per heavy atom. The highest BCUT2D eigenvalue weighted by atomic mass is 35.5. The van der Waals surface area contributed by atoms with Crippen LogP contribution in [0.3, 0.4) is 0 Å². The van der Waals surface area contributed by atoms with E-state index in [0.717, 1.165) is 29.4 Å². The van der Waals surface area contributed by atoms with Crippen molar-refractivity contribution in [2.24, 2.45) is 10.9 Å². The van der Waals surface area contributed by atoms with Gasteiger partial charge in [-0.3, -0.25) is 10.3 Å². The van der Waals surface area contributed by atoms with Crippen LogP contribution in [-0.4, -0.2) is 41.0 Å². The van der Waals surface area contributed by atoms with E-state index in [1.54, 1.807) is 11.3 Å². The fraction of sp³-hybridized carbons (Fsp3) is 0.529. The first-order chi connectivity index (χ1) is 11.2. The van der Waals surface area contributed by atoms with Gasteiger partial charge >= 0.3 is 0 Å². The second-order valence-electron chi connectivity index (χ2n) is 7.02. The number of nitrogens with zero attached hydrogens (tertiary/aromatic N) is 3. The van der Waals surface area contributed by atoms with Crippen molar-refractivity contribution < 1.29 is 4.84 Å². The maximum atomic E-state index is 6.05. The van der Waals surface area contributed by atoms with Gasteiger partial charge in [-0.1, -0.05) is 17.4 Å². The number of hydroxylamine groups is 1. The SMILES string of the molecule is Cc1ccc2sc(N=C3C[C@@]4(CN5CCC4CC5)ON3)nc2c1.Cl. The predicted octanol–water partition coefficient (Wildman–Crippen LogP) is 3.45. The van der Waals surface area contributed by atoms with E-state index in [2.05, 4.69) is 40.5 Å². The van der Waals surface area contributed by atoms with Crippen LogP contribution in [0.15, 0.2) is 23.2 Å².